The molecule has 0 bridgehead atoms. The maximum absolute atomic E-state index is 13.4. The Morgan fingerprint density at radius 1 is 1.00 bits per heavy atom. The molecule has 31 heavy (non-hydrogen) atoms. The highest BCUT2D eigenvalue weighted by molar-refractivity contribution is 7.99. The number of aliphatic imine (C=N–C) groups is 1. The van der Waals surface area contributed by atoms with Gasteiger partial charge in [-0.25, -0.2) is 9.38 Å². The zero-order chi connectivity index (χ0) is 21.2. The number of halogens is 1. The molecule has 0 saturated carbocycles. The summed E-state index contributed by atoms with van der Waals surface area (Å²) in [5.41, 5.74) is 2.73. The summed E-state index contributed by atoms with van der Waals surface area (Å²) in [6.45, 7) is 1.17. The van der Waals surface area contributed by atoms with Crippen LogP contribution in [0.2, 0.25) is 0 Å². The van der Waals surface area contributed by atoms with Crippen LogP contribution < -0.4 is 0 Å². The first kappa shape index (κ1) is 19.8. The maximum atomic E-state index is 13.4. The summed E-state index contributed by atoms with van der Waals surface area (Å²) >= 11 is 1.73. The van der Waals surface area contributed by atoms with E-state index >= 15 is 0 Å². The van der Waals surface area contributed by atoms with E-state index in [0.29, 0.717) is 24.6 Å². The molecular formula is C25H21FN2O2S. The minimum Gasteiger partial charge on any atom is -0.466 e. The van der Waals surface area contributed by atoms with Gasteiger partial charge in [0.15, 0.2) is 12.1 Å². The van der Waals surface area contributed by atoms with E-state index in [-0.39, 0.29) is 11.7 Å². The SMILES string of the molecule is O=C1C2N=C(c3ccc(F)cc3)OC2c2ccccc2CN1CCSc1ccccc1. The van der Waals surface area contributed by atoms with Crippen molar-refractivity contribution < 1.29 is 13.9 Å². The highest BCUT2D eigenvalue weighted by atomic mass is 32.2. The van der Waals surface area contributed by atoms with E-state index in [9.17, 15) is 9.18 Å². The Morgan fingerprint density at radius 2 is 1.74 bits per heavy atom. The molecule has 2 unspecified atom stereocenters. The van der Waals surface area contributed by atoms with E-state index in [0.717, 1.165) is 16.9 Å². The molecule has 0 saturated heterocycles. The standard InChI is InChI=1S/C25H21FN2O2S/c26-19-12-10-17(11-13-19)24-27-22-23(30-24)21-9-5-4-6-18(21)16-28(25(22)29)14-15-31-20-7-2-1-3-8-20/h1-13,22-23H,14-16H2. The highest BCUT2D eigenvalue weighted by Gasteiger charge is 2.43. The van der Waals surface area contributed by atoms with Crippen molar-refractivity contribution in [2.24, 2.45) is 4.99 Å². The van der Waals surface area contributed by atoms with Crippen LogP contribution in [0.3, 0.4) is 0 Å². The van der Waals surface area contributed by atoms with Crippen LogP contribution in [0.15, 0.2) is 88.8 Å². The predicted molar refractivity (Wildman–Crippen MR) is 120 cm³/mol. The molecule has 0 aliphatic carbocycles. The van der Waals surface area contributed by atoms with Gasteiger partial charge in [-0.3, -0.25) is 4.79 Å². The van der Waals surface area contributed by atoms with E-state index in [1.807, 2.05) is 47.4 Å². The second-order valence-corrected chi connectivity index (χ2v) is 8.71. The smallest absolute Gasteiger partial charge is 0.252 e. The topological polar surface area (TPSA) is 41.9 Å². The predicted octanol–water partition coefficient (Wildman–Crippen LogP) is 4.85. The maximum Gasteiger partial charge on any atom is 0.252 e. The van der Waals surface area contributed by atoms with Crippen molar-refractivity contribution in [1.82, 2.24) is 4.90 Å². The van der Waals surface area contributed by atoms with Crippen molar-refractivity contribution in [3.8, 4) is 0 Å². The average Bonchev–Trinajstić information content (AvgIpc) is 3.21. The summed E-state index contributed by atoms with van der Waals surface area (Å²) in [7, 11) is 0. The van der Waals surface area contributed by atoms with Gasteiger partial charge in [0.05, 0.1) is 0 Å². The molecule has 156 valence electrons. The fourth-order valence-corrected chi connectivity index (χ4v) is 4.87. The lowest BCUT2D eigenvalue weighted by atomic mass is 9.99. The van der Waals surface area contributed by atoms with E-state index in [1.54, 1.807) is 23.9 Å². The summed E-state index contributed by atoms with van der Waals surface area (Å²) in [5.74, 6) is 0.829. The Balaban J connectivity index is 1.40. The first-order valence-corrected chi connectivity index (χ1v) is 11.2. The number of hydrogen-bond donors (Lipinski definition) is 0. The third-order valence-electron chi connectivity index (χ3n) is 5.53. The van der Waals surface area contributed by atoms with Gasteiger partial charge in [0, 0.05) is 34.9 Å². The van der Waals surface area contributed by atoms with Gasteiger partial charge in [-0.2, -0.15) is 0 Å². The van der Waals surface area contributed by atoms with Crippen LogP contribution in [0.5, 0.6) is 0 Å². The molecule has 2 atom stereocenters. The molecule has 3 aromatic rings. The van der Waals surface area contributed by atoms with Gasteiger partial charge in [-0.15, -0.1) is 11.8 Å². The van der Waals surface area contributed by atoms with Gasteiger partial charge in [0.25, 0.3) is 5.91 Å². The zero-order valence-electron chi connectivity index (χ0n) is 16.8. The van der Waals surface area contributed by atoms with Crippen LogP contribution in [-0.2, 0) is 16.1 Å². The second-order valence-electron chi connectivity index (χ2n) is 7.54. The molecule has 0 aromatic heterocycles. The minimum atomic E-state index is -0.634. The lowest BCUT2D eigenvalue weighted by Crippen LogP contribution is -2.38. The molecule has 2 aliphatic heterocycles. The number of fused-ring (bicyclic) bond motifs is 3. The Labute approximate surface area is 184 Å². The molecule has 6 heteroatoms. The third-order valence-corrected chi connectivity index (χ3v) is 6.53. The Morgan fingerprint density at radius 3 is 2.55 bits per heavy atom. The molecular weight excluding hydrogens is 411 g/mol. The number of carbonyl (C=O) groups excluding carboxylic acids is 1. The number of benzene rings is 3. The molecule has 5 rings (SSSR count). The van der Waals surface area contributed by atoms with Crippen LogP contribution in [0.4, 0.5) is 4.39 Å². The number of rotatable bonds is 5. The first-order chi connectivity index (χ1) is 15.2. The van der Waals surface area contributed by atoms with Crippen molar-refractivity contribution in [3.63, 3.8) is 0 Å². The quantitative estimate of drug-likeness (QED) is 0.542. The van der Waals surface area contributed by atoms with Crippen molar-refractivity contribution >= 4 is 23.6 Å². The van der Waals surface area contributed by atoms with E-state index in [4.69, 9.17) is 4.74 Å². The monoisotopic (exact) mass is 432 g/mol. The van der Waals surface area contributed by atoms with Gasteiger partial charge in [-0.05, 0) is 42.0 Å². The Hall–Kier alpha value is -3.12. The van der Waals surface area contributed by atoms with Crippen molar-refractivity contribution in [1.29, 1.82) is 0 Å². The lowest BCUT2D eigenvalue weighted by molar-refractivity contribution is -0.133. The largest absolute Gasteiger partial charge is 0.466 e. The molecule has 0 spiro atoms. The molecule has 0 N–H and O–H groups in total. The Kier molecular flexibility index (Phi) is 5.47. The molecule has 0 fully saturated rings. The number of ether oxygens (including phenoxy) is 1. The van der Waals surface area contributed by atoms with Crippen molar-refractivity contribution in [2.75, 3.05) is 12.3 Å². The minimum absolute atomic E-state index is 0.0352. The molecule has 2 aliphatic rings. The summed E-state index contributed by atoms with van der Waals surface area (Å²) in [4.78, 5) is 21.1. The number of nitrogens with zero attached hydrogens (tertiary/aromatic N) is 2. The molecule has 3 aromatic carbocycles. The summed E-state index contributed by atoms with van der Waals surface area (Å²) in [6.07, 6.45) is -0.462. The zero-order valence-corrected chi connectivity index (χ0v) is 17.6. The Bertz CT molecular complexity index is 1120. The normalized spacial score (nSPS) is 19.8. The van der Waals surface area contributed by atoms with Crippen LogP contribution in [0.25, 0.3) is 0 Å². The van der Waals surface area contributed by atoms with E-state index in [1.165, 1.54) is 17.0 Å². The van der Waals surface area contributed by atoms with Crippen LogP contribution in [-0.4, -0.2) is 35.0 Å². The van der Waals surface area contributed by atoms with E-state index < -0.39 is 12.1 Å². The molecule has 0 radical (unpaired) electrons. The number of amides is 1. The third kappa shape index (κ3) is 4.08. The van der Waals surface area contributed by atoms with E-state index in [2.05, 4.69) is 17.1 Å². The van der Waals surface area contributed by atoms with Gasteiger partial charge >= 0.3 is 0 Å². The first-order valence-electron chi connectivity index (χ1n) is 10.2. The van der Waals surface area contributed by atoms with Gasteiger partial charge in [0.1, 0.15) is 5.82 Å². The van der Waals surface area contributed by atoms with Crippen LogP contribution >= 0.6 is 11.8 Å². The summed E-state index contributed by atoms with van der Waals surface area (Å²) in [5, 5.41) is 0. The van der Waals surface area contributed by atoms with Crippen molar-refractivity contribution in [2.45, 2.75) is 23.6 Å². The summed E-state index contributed by atoms with van der Waals surface area (Å²) < 4.78 is 19.5. The highest BCUT2D eigenvalue weighted by Crippen LogP contribution is 2.37. The number of hydrogen-bond acceptors (Lipinski definition) is 4. The number of thioether (sulfide) groups is 1. The van der Waals surface area contributed by atoms with Gasteiger partial charge in [0.2, 0.25) is 5.90 Å². The number of carbonyl (C=O) groups is 1. The fraction of sp³-hybridized carbons (Fsp3) is 0.200. The second kappa shape index (κ2) is 8.55. The molecule has 2 heterocycles. The average molecular weight is 433 g/mol. The van der Waals surface area contributed by atoms with Crippen LogP contribution in [0, 0.1) is 5.82 Å². The fourth-order valence-electron chi connectivity index (χ4n) is 3.97. The van der Waals surface area contributed by atoms with Crippen molar-refractivity contribution in [3.05, 3.63) is 101 Å². The molecule has 4 nitrogen and oxygen atoms in total. The van der Waals surface area contributed by atoms with Crippen LogP contribution in [0.1, 0.15) is 22.8 Å². The lowest BCUT2D eigenvalue weighted by Gasteiger charge is -2.22. The van der Waals surface area contributed by atoms with Gasteiger partial charge in [-0.1, -0.05) is 42.5 Å². The molecule has 1 amide bonds. The van der Waals surface area contributed by atoms with Gasteiger partial charge < -0.3 is 9.64 Å². The summed E-state index contributed by atoms with van der Waals surface area (Å²) in [6, 6.07) is 23.5.